The maximum atomic E-state index is 5.45. The van der Waals surface area contributed by atoms with Crippen LogP contribution < -0.4 is 5.32 Å². The molecular formula is C12H18N2OS. The maximum Gasteiger partial charge on any atom is 0.110 e. The van der Waals surface area contributed by atoms with Gasteiger partial charge in [0, 0.05) is 17.4 Å². The summed E-state index contributed by atoms with van der Waals surface area (Å²) in [5.74, 6) is 0.548. The molecule has 2 atom stereocenters. The molecule has 1 N–H and O–H groups in total. The van der Waals surface area contributed by atoms with Crippen molar-refractivity contribution in [3.63, 3.8) is 0 Å². The summed E-state index contributed by atoms with van der Waals surface area (Å²) in [7, 11) is 0. The Morgan fingerprint density at radius 3 is 3.06 bits per heavy atom. The summed E-state index contributed by atoms with van der Waals surface area (Å²) in [6, 6.07) is 0.514. The smallest absolute Gasteiger partial charge is 0.110 e. The second kappa shape index (κ2) is 4.43. The Morgan fingerprint density at radius 2 is 2.38 bits per heavy atom. The molecule has 3 heterocycles. The van der Waals surface area contributed by atoms with Crippen molar-refractivity contribution >= 4 is 11.3 Å². The first-order valence-corrected chi connectivity index (χ1v) is 6.94. The fraction of sp³-hybridized carbons (Fsp3) is 0.750. The van der Waals surface area contributed by atoms with Gasteiger partial charge in [0.15, 0.2) is 0 Å². The van der Waals surface area contributed by atoms with E-state index in [0.29, 0.717) is 12.0 Å². The number of hydrogen-bond donors (Lipinski definition) is 1. The molecule has 16 heavy (non-hydrogen) atoms. The van der Waals surface area contributed by atoms with E-state index in [4.69, 9.17) is 9.72 Å². The summed E-state index contributed by atoms with van der Waals surface area (Å²) in [6.45, 7) is 5.11. The van der Waals surface area contributed by atoms with Crippen molar-refractivity contribution in [3.8, 4) is 0 Å². The maximum absolute atomic E-state index is 5.45. The molecule has 4 heteroatoms. The molecule has 2 unspecified atom stereocenters. The van der Waals surface area contributed by atoms with E-state index in [1.165, 1.54) is 28.4 Å². The summed E-state index contributed by atoms with van der Waals surface area (Å²) in [5, 5.41) is 4.81. The van der Waals surface area contributed by atoms with Gasteiger partial charge in [-0.2, -0.15) is 0 Å². The van der Waals surface area contributed by atoms with Crippen LogP contribution >= 0.6 is 11.3 Å². The van der Waals surface area contributed by atoms with Gasteiger partial charge in [-0.1, -0.05) is 0 Å². The summed E-state index contributed by atoms with van der Waals surface area (Å²) >= 11 is 1.87. The minimum Gasteiger partial charge on any atom is -0.381 e. The summed E-state index contributed by atoms with van der Waals surface area (Å²) in [4.78, 5) is 6.24. The first-order chi connectivity index (χ1) is 7.84. The van der Waals surface area contributed by atoms with Gasteiger partial charge in [0.25, 0.3) is 0 Å². The van der Waals surface area contributed by atoms with Crippen LogP contribution in [0.25, 0.3) is 0 Å². The molecule has 0 amide bonds. The number of ether oxygens (including phenoxy) is 1. The number of nitrogens with zero attached hydrogens (tertiary/aromatic N) is 1. The van der Waals surface area contributed by atoms with Gasteiger partial charge in [-0.3, -0.25) is 0 Å². The van der Waals surface area contributed by atoms with Crippen LogP contribution in [0.1, 0.15) is 46.8 Å². The number of hydrogen-bond acceptors (Lipinski definition) is 4. The van der Waals surface area contributed by atoms with E-state index in [0.717, 1.165) is 26.2 Å². The Bertz CT molecular complexity index is 365. The number of aromatic nitrogens is 1. The van der Waals surface area contributed by atoms with Crippen LogP contribution in [0.2, 0.25) is 0 Å². The summed E-state index contributed by atoms with van der Waals surface area (Å²) < 4.78 is 5.45. The molecule has 0 radical (unpaired) electrons. The first-order valence-electron chi connectivity index (χ1n) is 6.13. The Labute approximate surface area is 100 Å². The minimum atomic E-state index is 0.514. The van der Waals surface area contributed by atoms with Crippen molar-refractivity contribution in [1.29, 1.82) is 0 Å². The highest BCUT2D eigenvalue weighted by atomic mass is 32.1. The van der Waals surface area contributed by atoms with Gasteiger partial charge < -0.3 is 10.1 Å². The topological polar surface area (TPSA) is 34.2 Å². The zero-order chi connectivity index (χ0) is 11.0. The van der Waals surface area contributed by atoms with Crippen molar-refractivity contribution < 1.29 is 4.74 Å². The van der Waals surface area contributed by atoms with Gasteiger partial charge in [0.05, 0.1) is 18.3 Å². The SMILES string of the molecule is Cc1sc(C2CCCN2)nc1C1CCOC1. The van der Waals surface area contributed by atoms with Crippen molar-refractivity contribution in [1.82, 2.24) is 10.3 Å². The van der Waals surface area contributed by atoms with Crippen LogP contribution in [0.15, 0.2) is 0 Å². The molecule has 2 aliphatic heterocycles. The Kier molecular flexibility index (Phi) is 2.96. The lowest BCUT2D eigenvalue weighted by molar-refractivity contribution is 0.193. The van der Waals surface area contributed by atoms with Gasteiger partial charge >= 0.3 is 0 Å². The number of nitrogens with one attached hydrogen (secondary N) is 1. The second-order valence-corrected chi connectivity index (χ2v) is 5.94. The third kappa shape index (κ3) is 1.90. The molecule has 0 spiro atoms. The molecule has 2 aliphatic rings. The second-order valence-electron chi connectivity index (χ2n) is 4.70. The minimum absolute atomic E-state index is 0.514. The van der Waals surface area contributed by atoms with E-state index in [1.807, 2.05) is 11.3 Å². The molecule has 1 aromatic heterocycles. The average Bonchev–Trinajstić information content (AvgIpc) is 2.97. The van der Waals surface area contributed by atoms with Gasteiger partial charge in [-0.15, -0.1) is 11.3 Å². The van der Waals surface area contributed by atoms with Crippen molar-refractivity contribution in [2.24, 2.45) is 0 Å². The van der Waals surface area contributed by atoms with E-state index in [9.17, 15) is 0 Å². The Morgan fingerprint density at radius 1 is 1.44 bits per heavy atom. The monoisotopic (exact) mass is 238 g/mol. The van der Waals surface area contributed by atoms with E-state index < -0.39 is 0 Å². The number of aryl methyl sites for hydroxylation is 1. The van der Waals surface area contributed by atoms with Crippen molar-refractivity contribution in [3.05, 3.63) is 15.6 Å². The van der Waals surface area contributed by atoms with Gasteiger partial charge in [-0.25, -0.2) is 4.98 Å². The van der Waals surface area contributed by atoms with E-state index >= 15 is 0 Å². The molecular weight excluding hydrogens is 220 g/mol. The third-order valence-corrected chi connectivity index (χ3v) is 4.62. The molecule has 0 saturated carbocycles. The number of rotatable bonds is 2. The van der Waals surface area contributed by atoms with Gasteiger partial charge in [0.2, 0.25) is 0 Å². The molecule has 88 valence electrons. The van der Waals surface area contributed by atoms with Crippen LogP contribution in [0, 0.1) is 6.92 Å². The largest absolute Gasteiger partial charge is 0.381 e. The van der Waals surface area contributed by atoms with Crippen LogP contribution in [0.4, 0.5) is 0 Å². The van der Waals surface area contributed by atoms with Crippen LogP contribution in [0.3, 0.4) is 0 Å². The third-order valence-electron chi connectivity index (χ3n) is 3.52. The Balaban J connectivity index is 1.83. The molecule has 3 rings (SSSR count). The van der Waals surface area contributed by atoms with Crippen molar-refractivity contribution in [2.45, 2.75) is 38.1 Å². The predicted octanol–water partition coefficient (Wildman–Crippen LogP) is 2.38. The normalized spacial score (nSPS) is 30.1. The van der Waals surface area contributed by atoms with Crippen LogP contribution in [0.5, 0.6) is 0 Å². The zero-order valence-electron chi connectivity index (χ0n) is 9.66. The highest BCUT2D eigenvalue weighted by Gasteiger charge is 2.26. The molecule has 2 fully saturated rings. The zero-order valence-corrected chi connectivity index (χ0v) is 10.5. The summed E-state index contributed by atoms with van der Waals surface area (Å²) in [6.07, 6.45) is 3.67. The summed E-state index contributed by atoms with van der Waals surface area (Å²) in [5.41, 5.74) is 1.30. The van der Waals surface area contributed by atoms with E-state index in [-0.39, 0.29) is 0 Å². The van der Waals surface area contributed by atoms with Crippen LogP contribution in [-0.4, -0.2) is 24.7 Å². The standard InChI is InChI=1S/C12H18N2OS/c1-8-11(9-4-6-15-7-9)14-12(16-8)10-3-2-5-13-10/h9-10,13H,2-7H2,1H3. The lowest BCUT2D eigenvalue weighted by Crippen LogP contribution is -2.12. The quantitative estimate of drug-likeness (QED) is 0.859. The van der Waals surface area contributed by atoms with E-state index in [1.54, 1.807) is 0 Å². The first kappa shape index (κ1) is 10.7. The average molecular weight is 238 g/mol. The predicted molar refractivity (Wildman–Crippen MR) is 65.0 cm³/mol. The highest BCUT2D eigenvalue weighted by Crippen LogP contribution is 2.34. The molecule has 0 bridgehead atoms. The Hall–Kier alpha value is -0.450. The molecule has 0 aromatic carbocycles. The fourth-order valence-corrected chi connectivity index (χ4v) is 3.72. The lowest BCUT2D eigenvalue weighted by Gasteiger charge is -2.06. The van der Waals surface area contributed by atoms with E-state index in [2.05, 4.69) is 12.2 Å². The molecule has 1 aromatic rings. The molecule has 0 aliphatic carbocycles. The highest BCUT2D eigenvalue weighted by molar-refractivity contribution is 7.11. The number of thiazole rings is 1. The van der Waals surface area contributed by atoms with Gasteiger partial charge in [0.1, 0.15) is 5.01 Å². The van der Waals surface area contributed by atoms with Crippen molar-refractivity contribution in [2.75, 3.05) is 19.8 Å². The molecule has 3 nitrogen and oxygen atoms in total. The molecule has 2 saturated heterocycles. The van der Waals surface area contributed by atoms with Crippen LogP contribution in [-0.2, 0) is 4.74 Å². The lowest BCUT2D eigenvalue weighted by atomic mass is 10.0. The van der Waals surface area contributed by atoms with Gasteiger partial charge in [-0.05, 0) is 32.7 Å². The fourth-order valence-electron chi connectivity index (χ4n) is 2.60.